The highest BCUT2D eigenvalue weighted by molar-refractivity contribution is 5.91. The van der Waals surface area contributed by atoms with E-state index >= 15 is 0 Å². The minimum absolute atomic E-state index is 0.204. The highest BCUT2D eigenvalue weighted by Crippen LogP contribution is 2.17. The van der Waals surface area contributed by atoms with E-state index in [1.807, 2.05) is 0 Å². The van der Waals surface area contributed by atoms with Crippen molar-refractivity contribution in [2.75, 3.05) is 13.1 Å². The average Bonchev–Trinajstić information content (AvgIpc) is 3.27. The van der Waals surface area contributed by atoms with E-state index in [9.17, 15) is 9.18 Å². The summed E-state index contributed by atoms with van der Waals surface area (Å²) in [5.74, 6) is -0.0900. The molecule has 1 fully saturated rings. The molecule has 0 bridgehead atoms. The number of carbonyl (C=O) groups is 1. The van der Waals surface area contributed by atoms with Gasteiger partial charge in [-0.15, -0.1) is 5.10 Å². The first kappa shape index (κ1) is 15.7. The van der Waals surface area contributed by atoms with Crippen LogP contribution in [-0.2, 0) is 6.54 Å². The Hall–Kier alpha value is -2.81. The standard InChI is InChI=1S/C16H18FN7O/c17-10-1-2-12-13(7-10)21-15(20-12)8-19-16(25)14-9-24(23-22-14)11-3-5-18-6-4-11/h1-2,7,9,11,18H,3-6,8H2,(H,19,25)(H,20,21). The van der Waals surface area contributed by atoms with Crippen LogP contribution < -0.4 is 10.6 Å². The lowest BCUT2D eigenvalue weighted by atomic mass is 10.1. The third-order valence-corrected chi connectivity index (χ3v) is 4.34. The van der Waals surface area contributed by atoms with Gasteiger partial charge in [0.05, 0.1) is 29.8 Å². The summed E-state index contributed by atoms with van der Waals surface area (Å²) in [6.45, 7) is 2.09. The third kappa shape index (κ3) is 3.36. The van der Waals surface area contributed by atoms with E-state index < -0.39 is 0 Å². The van der Waals surface area contributed by atoms with Crippen molar-refractivity contribution in [2.45, 2.75) is 25.4 Å². The van der Waals surface area contributed by atoms with Crippen molar-refractivity contribution in [3.05, 3.63) is 41.7 Å². The Kier molecular flexibility index (Phi) is 4.14. The van der Waals surface area contributed by atoms with Crippen LogP contribution in [-0.4, -0.2) is 44.0 Å². The number of H-pyrrole nitrogens is 1. The van der Waals surface area contributed by atoms with Gasteiger partial charge in [-0.25, -0.2) is 14.1 Å². The fourth-order valence-corrected chi connectivity index (χ4v) is 3.00. The summed E-state index contributed by atoms with van der Waals surface area (Å²) < 4.78 is 15.0. The Bertz CT molecular complexity index is 897. The molecule has 1 aliphatic heterocycles. The number of amides is 1. The fourth-order valence-electron chi connectivity index (χ4n) is 3.00. The second kappa shape index (κ2) is 6.60. The molecular formula is C16H18FN7O. The van der Waals surface area contributed by atoms with Crippen molar-refractivity contribution < 1.29 is 9.18 Å². The number of nitrogens with one attached hydrogen (secondary N) is 3. The van der Waals surface area contributed by atoms with Crippen LogP contribution in [0.5, 0.6) is 0 Å². The summed E-state index contributed by atoms with van der Waals surface area (Å²) in [7, 11) is 0. The molecule has 3 aromatic rings. The highest BCUT2D eigenvalue weighted by Gasteiger charge is 2.18. The number of aromatic amines is 1. The van der Waals surface area contributed by atoms with Crippen molar-refractivity contribution in [1.82, 2.24) is 35.6 Å². The minimum Gasteiger partial charge on any atom is -0.343 e. The maximum atomic E-state index is 13.2. The topological polar surface area (TPSA) is 101 Å². The average molecular weight is 343 g/mol. The predicted molar refractivity (Wildman–Crippen MR) is 88.4 cm³/mol. The van der Waals surface area contributed by atoms with Gasteiger partial charge in [-0.2, -0.15) is 0 Å². The molecule has 1 aromatic carbocycles. The second-order valence-electron chi connectivity index (χ2n) is 6.09. The first-order chi connectivity index (χ1) is 12.2. The number of benzene rings is 1. The van der Waals surface area contributed by atoms with Crippen LogP contribution >= 0.6 is 0 Å². The van der Waals surface area contributed by atoms with Gasteiger partial charge in [0.1, 0.15) is 11.6 Å². The van der Waals surface area contributed by atoms with Crippen molar-refractivity contribution >= 4 is 16.9 Å². The molecule has 0 saturated carbocycles. The molecule has 25 heavy (non-hydrogen) atoms. The SMILES string of the molecule is O=C(NCc1nc2ccc(F)cc2[nH]1)c1cn(C2CCNCC2)nn1. The molecule has 1 saturated heterocycles. The van der Waals surface area contributed by atoms with Crippen molar-refractivity contribution in [3.8, 4) is 0 Å². The molecule has 0 radical (unpaired) electrons. The number of hydrogen-bond donors (Lipinski definition) is 3. The van der Waals surface area contributed by atoms with Gasteiger partial charge in [-0.3, -0.25) is 4.79 Å². The quantitative estimate of drug-likeness (QED) is 0.660. The van der Waals surface area contributed by atoms with Gasteiger partial charge in [0, 0.05) is 0 Å². The van der Waals surface area contributed by atoms with E-state index in [0.717, 1.165) is 25.9 Å². The van der Waals surface area contributed by atoms with Gasteiger partial charge in [0.25, 0.3) is 5.91 Å². The van der Waals surface area contributed by atoms with Crippen molar-refractivity contribution in [2.24, 2.45) is 0 Å². The van der Waals surface area contributed by atoms with E-state index in [-0.39, 0.29) is 30.0 Å². The summed E-state index contributed by atoms with van der Waals surface area (Å²) in [5.41, 5.74) is 1.53. The van der Waals surface area contributed by atoms with E-state index in [2.05, 4.69) is 30.9 Å². The number of halogens is 1. The van der Waals surface area contributed by atoms with Crippen molar-refractivity contribution in [1.29, 1.82) is 0 Å². The monoisotopic (exact) mass is 343 g/mol. The number of piperidine rings is 1. The van der Waals surface area contributed by atoms with Gasteiger partial charge < -0.3 is 15.6 Å². The summed E-state index contributed by atoms with van der Waals surface area (Å²) in [5, 5.41) is 14.1. The lowest BCUT2D eigenvalue weighted by Crippen LogP contribution is -2.29. The molecule has 1 aliphatic rings. The van der Waals surface area contributed by atoms with Crippen LogP contribution in [0.25, 0.3) is 11.0 Å². The fraction of sp³-hybridized carbons (Fsp3) is 0.375. The molecule has 8 nitrogen and oxygen atoms in total. The van der Waals surface area contributed by atoms with Gasteiger partial charge in [0.15, 0.2) is 5.69 Å². The Morgan fingerprint density at radius 1 is 1.36 bits per heavy atom. The number of nitrogens with zero attached hydrogens (tertiary/aromatic N) is 4. The van der Waals surface area contributed by atoms with Crippen molar-refractivity contribution in [3.63, 3.8) is 0 Å². The number of carbonyl (C=O) groups excluding carboxylic acids is 1. The number of aromatic nitrogens is 5. The maximum absolute atomic E-state index is 13.2. The zero-order chi connectivity index (χ0) is 17.2. The second-order valence-corrected chi connectivity index (χ2v) is 6.09. The van der Waals surface area contributed by atoms with E-state index in [1.54, 1.807) is 16.9 Å². The van der Waals surface area contributed by atoms with Crippen LogP contribution in [0.4, 0.5) is 4.39 Å². The van der Waals surface area contributed by atoms with E-state index in [0.29, 0.717) is 16.9 Å². The zero-order valence-electron chi connectivity index (χ0n) is 13.5. The Labute approximate surface area is 142 Å². The van der Waals surface area contributed by atoms with Crippen LogP contribution in [0.1, 0.15) is 35.2 Å². The van der Waals surface area contributed by atoms with Crippen LogP contribution in [0.3, 0.4) is 0 Å². The molecule has 2 aromatic heterocycles. The largest absolute Gasteiger partial charge is 0.343 e. The third-order valence-electron chi connectivity index (χ3n) is 4.34. The number of fused-ring (bicyclic) bond motifs is 1. The molecule has 1 amide bonds. The Balaban J connectivity index is 1.40. The number of hydrogen-bond acceptors (Lipinski definition) is 5. The highest BCUT2D eigenvalue weighted by atomic mass is 19.1. The molecule has 3 N–H and O–H groups in total. The smallest absolute Gasteiger partial charge is 0.273 e. The number of rotatable bonds is 4. The summed E-state index contributed by atoms with van der Waals surface area (Å²) in [6.07, 6.45) is 3.62. The molecule has 9 heteroatoms. The van der Waals surface area contributed by atoms with E-state index in [1.165, 1.54) is 12.1 Å². The first-order valence-electron chi connectivity index (χ1n) is 8.24. The van der Waals surface area contributed by atoms with Crippen LogP contribution in [0.15, 0.2) is 24.4 Å². The summed E-state index contributed by atoms with van der Waals surface area (Å²) in [6, 6.07) is 4.60. The lowest BCUT2D eigenvalue weighted by Gasteiger charge is -2.22. The summed E-state index contributed by atoms with van der Waals surface area (Å²) in [4.78, 5) is 19.5. The Morgan fingerprint density at radius 3 is 3.04 bits per heavy atom. The molecule has 130 valence electrons. The lowest BCUT2D eigenvalue weighted by molar-refractivity contribution is 0.0945. The van der Waals surface area contributed by atoms with Crippen LogP contribution in [0, 0.1) is 5.82 Å². The first-order valence-corrected chi connectivity index (χ1v) is 8.24. The molecule has 0 unspecified atom stereocenters. The van der Waals surface area contributed by atoms with Gasteiger partial charge in [-0.05, 0) is 44.1 Å². The molecule has 3 heterocycles. The molecule has 0 aliphatic carbocycles. The Morgan fingerprint density at radius 2 is 2.20 bits per heavy atom. The minimum atomic E-state index is -0.332. The molecule has 0 atom stereocenters. The van der Waals surface area contributed by atoms with Gasteiger partial charge in [0.2, 0.25) is 0 Å². The summed E-state index contributed by atoms with van der Waals surface area (Å²) >= 11 is 0. The van der Waals surface area contributed by atoms with Crippen LogP contribution in [0.2, 0.25) is 0 Å². The van der Waals surface area contributed by atoms with Gasteiger partial charge >= 0.3 is 0 Å². The molecular weight excluding hydrogens is 325 g/mol. The van der Waals surface area contributed by atoms with E-state index in [4.69, 9.17) is 0 Å². The maximum Gasteiger partial charge on any atom is 0.273 e. The predicted octanol–water partition coefficient (Wildman–Crippen LogP) is 1.15. The normalized spacial score (nSPS) is 15.6. The van der Waals surface area contributed by atoms with Gasteiger partial charge in [-0.1, -0.05) is 5.21 Å². The zero-order valence-corrected chi connectivity index (χ0v) is 13.5. The number of imidazole rings is 1. The molecule has 0 spiro atoms. The molecule has 4 rings (SSSR count).